The molecule has 3 N–H and O–H groups in total. The van der Waals surface area contributed by atoms with Crippen LogP contribution >= 0.6 is 15.6 Å². The van der Waals surface area contributed by atoms with Gasteiger partial charge in [-0.25, -0.2) is 9.13 Å². The molecular formula is C71H138O17P2. The lowest BCUT2D eigenvalue weighted by Crippen LogP contribution is -2.30. The third-order valence-corrected chi connectivity index (χ3v) is 18.3. The van der Waals surface area contributed by atoms with Gasteiger partial charge in [0.05, 0.1) is 26.4 Å². The summed E-state index contributed by atoms with van der Waals surface area (Å²) >= 11 is 0. The molecule has 0 aromatic rings. The molecule has 0 amide bonds. The van der Waals surface area contributed by atoms with Gasteiger partial charge in [-0.05, 0) is 43.4 Å². The number of esters is 4. The van der Waals surface area contributed by atoms with Crippen molar-refractivity contribution in [3.63, 3.8) is 0 Å². The monoisotopic (exact) mass is 1320 g/mol. The highest BCUT2D eigenvalue weighted by Crippen LogP contribution is 2.45. The molecule has 0 aromatic heterocycles. The second kappa shape index (κ2) is 61.9. The number of carbonyl (C=O) groups excluding carboxylic acids is 4. The maximum Gasteiger partial charge on any atom is 0.472 e. The lowest BCUT2D eigenvalue weighted by molar-refractivity contribution is -0.161. The molecule has 2 unspecified atom stereocenters. The van der Waals surface area contributed by atoms with Crippen LogP contribution in [0.15, 0.2) is 0 Å². The van der Waals surface area contributed by atoms with Gasteiger partial charge in [-0.3, -0.25) is 37.3 Å². The van der Waals surface area contributed by atoms with Crippen molar-refractivity contribution in [2.75, 3.05) is 39.6 Å². The molecule has 0 saturated heterocycles. The van der Waals surface area contributed by atoms with Gasteiger partial charge in [-0.2, -0.15) is 0 Å². The molecule has 534 valence electrons. The van der Waals surface area contributed by atoms with Gasteiger partial charge in [0.2, 0.25) is 0 Å². The number of aliphatic hydroxyl groups is 1. The van der Waals surface area contributed by atoms with Crippen LogP contribution in [-0.2, 0) is 65.4 Å². The molecular weight excluding hydrogens is 1190 g/mol. The molecule has 0 aromatic carbocycles. The van der Waals surface area contributed by atoms with E-state index < -0.39 is 97.5 Å². The van der Waals surface area contributed by atoms with Crippen molar-refractivity contribution in [1.82, 2.24) is 0 Å². The second-order valence-corrected chi connectivity index (χ2v) is 30.0. The number of rotatable bonds is 69. The number of aliphatic hydroxyl groups excluding tert-OH is 1. The van der Waals surface area contributed by atoms with Gasteiger partial charge in [-0.1, -0.05) is 305 Å². The summed E-state index contributed by atoms with van der Waals surface area (Å²) in [6.07, 6.45) is 46.0. The van der Waals surface area contributed by atoms with Crippen molar-refractivity contribution in [1.29, 1.82) is 0 Å². The maximum atomic E-state index is 13.0. The first kappa shape index (κ1) is 88.1. The Kier molecular flexibility index (Phi) is 60.6. The van der Waals surface area contributed by atoms with Gasteiger partial charge in [0.1, 0.15) is 19.3 Å². The lowest BCUT2D eigenvalue weighted by Gasteiger charge is -2.21. The molecule has 0 bridgehead atoms. The summed E-state index contributed by atoms with van der Waals surface area (Å²) in [5.74, 6) is 0.140. The van der Waals surface area contributed by atoms with Crippen LogP contribution in [0.3, 0.4) is 0 Å². The van der Waals surface area contributed by atoms with Crippen molar-refractivity contribution < 1.29 is 80.2 Å². The quantitative estimate of drug-likeness (QED) is 0.0222. The summed E-state index contributed by atoms with van der Waals surface area (Å²) in [7, 11) is -9.90. The number of unbranched alkanes of at least 4 members (excludes halogenated alkanes) is 37. The second-order valence-electron chi connectivity index (χ2n) is 27.1. The minimum Gasteiger partial charge on any atom is -0.462 e. The first-order valence-corrected chi connectivity index (χ1v) is 39.8. The first-order chi connectivity index (χ1) is 43.2. The summed E-state index contributed by atoms with van der Waals surface area (Å²) in [5.41, 5.74) is 0. The van der Waals surface area contributed by atoms with E-state index in [1.54, 1.807) is 0 Å². The van der Waals surface area contributed by atoms with Crippen LogP contribution in [0.4, 0.5) is 0 Å². The summed E-state index contributed by atoms with van der Waals surface area (Å²) in [6, 6.07) is 0. The predicted molar refractivity (Wildman–Crippen MR) is 363 cm³/mol. The van der Waals surface area contributed by atoms with Crippen molar-refractivity contribution in [2.24, 2.45) is 17.8 Å². The van der Waals surface area contributed by atoms with Gasteiger partial charge < -0.3 is 33.8 Å². The minimum absolute atomic E-state index is 0.103. The molecule has 0 radical (unpaired) electrons. The van der Waals surface area contributed by atoms with E-state index >= 15 is 0 Å². The van der Waals surface area contributed by atoms with E-state index in [1.165, 1.54) is 161 Å². The Balaban J connectivity index is 5.21. The zero-order chi connectivity index (χ0) is 66.6. The fourth-order valence-corrected chi connectivity index (χ4v) is 12.3. The highest BCUT2D eigenvalue weighted by atomic mass is 31.2. The largest absolute Gasteiger partial charge is 0.472 e. The fourth-order valence-electron chi connectivity index (χ4n) is 10.7. The third-order valence-electron chi connectivity index (χ3n) is 16.4. The van der Waals surface area contributed by atoms with Crippen LogP contribution in [0.2, 0.25) is 0 Å². The lowest BCUT2D eigenvalue weighted by atomic mass is 10.0. The van der Waals surface area contributed by atoms with Gasteiger partial charge in [0.25, 0.3) is 0 Å². The Labute approximate surface area is 549 Å². The van der Waals surface area contributed by atoms with Gasteiger partial charge in [0, 0.05) is 25.7 Å². The molecule has 0 aliphatic rings. The molecule has 0 rings (SSSR count). The SMILES string of the molecule is CCCCCCCCCCC(=O)OC[C@H](COP(=O)(O)OC[C@H](O)COP(=O)(O)OC[C@@H](COC(=O)CCCCCCCCCCCCCC(C)C)OC(=O)CCCCCCCCCCCCCCCCCC(C)C)OC(=O)CCCCCCCCCC(C)C. The van der Waals surface area contributed by atoms with Gasteiger partial charge in [-0.15, -0.1) is 0 Å². The molecule has 0 aliphatic carbocycles. The van der Waals surface area contributed by atoms with E-state index in [4.69, 9.17) is 37.0 Å². The van der Waals surface area contributed by atoms with Crippen molar-refractivity contribution >= 4 is 39.5 Å². The minimum atomic E-state index is -4.95. The van der Waals surface area contributed by atoms with Crippen LogP contribution in [0, 0.1) is 17.8 Å². The molecule has 19 heteroatoms. The highest BCUT2D eigenvalue weighted by molar-refractivity contribution is 7.47. The highest BCUT2D eigenvalue weighted by Gasteiger charge is 2.30. The number of carbonyl (C=O) groups is 4. The summed E-state index contributed by atoms with van der Waals surface area (Å²) in [5, 5.41) is 10.6. The van der Waals surface area contributed by atoms with E-state index in [0.29, 0.717) is 31.6 Å². The number of hydrogen-bond acceptors (Lipinski definition) is 15. The molecule has 90 heavy (non-hydrogen) atoms. The molecule has 5 atom stereocenters. The Morgan fingerprint density at radius 2 is 0.511 bits per heavy atom. The smallest absolute Gasteiger partial charge is 0.462 e. The number of phosphoric acid groups is 2. The topological polar surface area (TPSA) is 237 Å². The predicted octanol–water partition coefficient (Wildman–Crippen LogP) is 20.2. The average Bonchev–Trinajstić information content (AvgIpc) is 2.67. The maximum absolute atomic E-state index is 13.0. The van der Waals surface area contributed by atoms with Gasteiger partial charge in [0.15, 0.2) is 12.2 Å². The van der Waals surface area contributed by atoms with E-state index in [9.17, 15) is 43.2 Å². The number of ether oxygens (including phenoxy) is 4. The van der Waals surface area contributed by atoms with Crippen molar-refractivity contribution in [3.8, 4) is 0 Å². The van der Waals surface area contributed by atoms with E-state index in [-0.39, 0.29) is 25.7 Å². The fraction of sp³-hybridized carbons (Fsp3) is 0.944. The summed E-state index contributed by atoms with van der Waals surface area (Å²) in [4.78, 5) is 72.5. The standard InChI is InChI=1S/C71H138O17P2/c1-8-9-10-11-12-31-38-45-52-68(73)81-58-67(88-71(76)55-48-41-34-27-30-37-44-51-64(6)7)61-86-90(79,80)84-57-65(72)56-83-89(77,78)85-60-66(59-82-69(74)53-46-39-32-25-22-18-20-24-29-36-43-50-63(4)5)87-70(75)54-47-40-33-26-21-17-15-13-14-16-19-23-28-35-42-49-62(2)3/h62-67,72H,8-61H2,1-7H3,(H,77,78)(H,79,80)/t65-,66-,67-/m1/s1. The third kappa shape index (κ3) is 64.8. The summed E-state index contributed by atoms with van der Waals surface area (Å²) in [6.45, 7) is 11.8. The van der Waals surface area contributed by atoms with Crippen molar-refractivity contribution in [2.45, 2.75) is 375 Å². The first-order valence-electron chi connectivity index (χ1n) is 36.8. The normalized spacial score (nSPS) is 14.2. The number of hydrogen-bond donors (Lipinski definition) is 3. The van der Waals surface area contributed by atoms with Crippen LogP contribution < -0.4 is 0 Å². The Morgan fingerprint density at radius 3 is 0.756 bits per heavy atom. The Hall–Kier alpha value is -1.94. The molecule has 0 fully saturated rings. The molecule has 0 heterocycles. The van der Waals surface area contributed by atoms with Crippen molar-refractivity contribution in [3.05, 3.63) is 0 Å². The van der Waals surface area contributed by atoms with E-state index in [2.05, 4.69) is 48.5 Å². The van der Waals surface area contributed by atoms with Crippen LogP contribution in [0.5, 0.6) is 0 Å². The van der Waals surface area contributed by atoms with E-state index in [1.807, 2.05) is 0 Å². The van der Waals surface area contributed by atoms with Crippen LogP contribution in [0.1, 0.15) is 357 Å². The summed E-state index contributed by atoms with van der Waals surface area (Å²) < 4.78 is 68.2. The molecule has 0 aliphatic heterocycles. The molecule has 0 spiro atoms. The Bertz CT molecular complexity index is 1770. The zero-order valence-electron chi connectivity index (χ0n) is 58.6. The van der Waals surface area contributed by atoms with Gasteiger partial charge >= 0.3 is 39.5 Å². The zero-order valence-corrected chi connectivity index (χ0v) is 60.4. The van der Waals surface area contributed by atoms with E-state index in [0.717, 1.165) is 108 Å². The molecule has 0 saturated carbocycles. The van der Waals surface area contributed by atoms with Crippen LogP contribution in [-0.4, -0.2) is 96.7 Å². The number of phosphoric ester groups is 2. The Morgan fingerprint density at radius 1 is 0.300 bits per heavy atom. The van der Waals surface area contributed by atoms with Crippen LogP contribution in [0.25, 0.3) is 0 Å². The average molecular weight is 1330 g/mol. The molecule has 17 nitrogen and oxygen atoms in total.